The molecule has 0 unspecified atom stereocenters. The maximum absolute atomic E-state index is 6.18. The maximum atomic E-state index is 6.18. The fraction of sp³-hybridized carbons (Fsp3) is 0.250. The van der Waals surface area contributed by atoms with Crippen molar-refractivity contribution in [2.75, 3.05) is 0 Å². The van der Waals surface area contributed by atoms with Crippen molar-refractivity contribution in [1.82, 2.24) is 0 Å². The number of thiol groups is 2. The average molecular weight is 278 g/mol. The van der Waals surface area contributed by atoms with Gasteiger partial charge in [-0.1, -0.05) is 24.4 Å². The molecule has 0 aliphatic heterocycles. The van der Waals surface area contributed by atoms with E-state index in [-0.39, 0.29) is 8.64 Å². The first-order chi connectivity index (χ1) is 4.88. The molecule has 0 bridgehead atoms. The second-order valence-corrected chi connectivity index (χ2v) is 5.05. The Balaban J connectivity index is -0.0000000886. The number of nitrogens with one attached hydrogen (secondary N) is 2. The van der Waals surface area contributed by atoms with E-state index >= 15 is 0 Å². The molecule has 0 amide bonds. The molecule has 0 aromatic heterocycles. The smallest absolute Gasteiger partial charge is 0.0446 e. The van der Waals surface area contributed by atoms with Crippen LogP contribution in [0.5, 0.6) is 0 Å². The molecule has 0 saturated carbocycles. The monoisotopic (exact) mass is 276 g/mol. The third kappa shape index (κ3) is 933. The molecule has 0 rings (SSSR count). The third-order valence-corrected chi connectivity index (χ3v) is 0. The Morgan fingerprint density at radius 3 is 1.27 bits per heavy atom. The molecule has 11 heavy (non-hydrogen) atoms. The quantitative estimate of drug-likeness (QED) is 0.406. The Morgan fingerprint density at radius 1 is 1.27 bits per heavy atom. The molecule has 0 aliphatic rings. The minimum atomic E-state index is -0.0556. The van der Waals surface area contributed by atoms with Crippen LogP contribution in [0.25, 0.3) is 11.5 Å². The summed E-state index contributed by atoms with van der Waals surface area (Å²) in [4.78, 5) is 0. The van der Waals surface area contributed by atoms with Crippen molar-refractivity contribution in [2.24, 2.45) is 0 Å². The summed E-state index contributed by atoms with van der Waals surface area (Å²) in [6.07, 6.45) is 0. The molecule has 0 aliphatic carbocycles. The van der Waals surface area contributed by atoms with Crippen molar-refractivity contribution < 1.29 is 17.9 Å². The van der Waals surface area contributed by atoms with Gasteiger partial charge in [-0.3, -0.25) is 0 Å². The largest absolute Gasteiger partial charge is 0.684 e. The Hall–Kier alpha value is 0.973. The van der Waals surface area contributed by atoms with Gasteiger partial charge in [-0.2, -0.15) is 25.3 Å². The zero-order valence-electron chi connectivity index (χ0n) is 6.00. The Morgan fingerprint density at radius 2 is 1.27 bits per heavy atom. The summed E-state index contributed by atoms with van der Waals surface area (Å²) in [5, 5.41) is 0. The van der Waals surface area contributed by atoms with Crippen molar-refractivity contribution in [3.05, 3.63) is 11.5 Å². The van der Waals surface area contributed by atoms with Crippen molar-refractivity contribution in [3.63, 3.8) is 0 Å². The second kappa shape index (κ2) is 17.2. The standard InChI is InChI=1S/C2H4.2CH3NS2.Zn/c1-2;2*2-1(3)4;/h1H,2H3;2*(H3,2,3,4);/p-2. The van der Waals surface area contributed by atoms with Crippen LogP contribution in [0.2, 0.25) is 0 Å². The number of hydrogen-bond acceptors (Lipinski definition) is 2. The van der Waals surface area contributed by atoms with Crippen LogP contribution in [0.1, 0.15) is 6.92 Å². The predicted molar refractivity (Wildman–Crippen MR) is 63.5 cm³/mol. The molecule has 0 aromatic carbocycles. The molecule has 0 saturated heterocycles. The van der Waals surface area contributed by atoms with Crippen molar-refractivity contribution in [3.8, 4) is 0 Å². The molecule has 7 heteroatoms. The minimum Gasteiger partial charge on any atom is -0.684 e. The molecule has 0 fully saturated rings. The summed E-state index contributed by atoms with van der Waals surface area (Å²) in [5.41, 5.74) is 12.4. The van der Waals surface area contributed by atoms with E-state index < -0.39 is 0 Å². The zero-order chi connectivity index (χ0) is 9.86. The molecular weight excluding hydrogens is 270 g/mol. The van der Waals surface area contributed by atoms with Crippen LogP contribution in [0, 0.1) is 0 Å². The molecule has 0 spiro atoms. The molecule has 0 aromatic rings. The van der Waals surface area contributed by atoms with Gasteiger partial charge in [0.05, 0.1) is 0 Å². The van der Waals surface area contributed by atoms with Gasteiger partial charge < -0.3 is 11.5 Å². The summed E-state index contributed by atoms with van der Waals surface area (Å²) in [5.74, 6) is 0. The topological polar surface area (TPSA) is 47.6 Å². The van der Waals surface area contributed by atoms with Gasteiger partial charge in [0.15, 0.2) is 0 Å². The summed E-state index contributed by atoms with van der Waals surface area (Å²) in [6, 6.07) is 0. The first-order valence-corrected chi connectivity index (χ1v) is 5.77. The first kappa shape index (κ1) is 17.9. The van der Waals surface area contributed by atoms with E-state index in [1.165, 1.54) is 17.9 Å². The van der Waals surface area contributed by atoms with E-state index in [1.54, 1.807) is 0 Å². The van der Waals surface area contributed by atoms with Crippen LogP contribution in [0.4, 0.5) is 0 Å². The third-order valence-electron chi connectivity index (χ3n) is 0. The molecule has 2 nitrogen and oxygen atoms in total. The van der Waals surface area contributed by atoms with Gasteiger partial charge in [0.25, 0.3) is 0 Å². The zero-order valence-corrected chi connectivity index (χ0v) is 12.4. The van der Waals surface area contributed by atoms with Gasteiger partial charge in [-0.05, 0) is 8.64 Å². The summed E-state index contributed by atoms with van der Waals surface area (Å²) >= 11 is 16.2. The Bertz CT molecular complexity index is 107. The summed E-state index contributed by atoms with van der Waals surface area (Å²) < 4.78 is 2.01. The second-order valence-electron chi connectivity index (χ2n) is 1.02. The molecule has 0 atom stereocenters. The fourth-order valence-corrected chi connectivity index (χ4v) is 0. The van der Waals surface area contributed by atoms with Crippen molar-refractivity contribution in [2.45, 2.75) is 6.92 Å². The number of thiocarbonyl (C=S) groups is 2. The minimum absolute atomic E-state index is 0.0556. The van der Waals surface area contributed by atoms with Crippen LogP contribution in [-0.2, 0) is 17.9 Å². The van der Waals surface area contributed by atoms with Crippen molar-refractivity contribution in [1.29, 1.82) is 0 Å². The van der Waals surface area contributed by atoms with E-state index in [1.807, 2.05) is 0 Å². The molecule has 0 radical (unpaired) electrons. The fourth-order valence-electron chi connectivity index (χ4n) is 0. The average Bonchev–Trinajstić information content (AvgIpc) is 1.60. The van der Waals surface area contributed by atoms with E-state index in [4.69, 9.17) is 11.5 Å². The van der Waals surface area contributed by atoms with Crippen LogP contribution in [0.3, 0.4) is 0 Å². The van der Waals surface area contributed by atoms with Gasteiger partial charge in [0, 0.05) is 0 Å². The van der Waals surface area contributed by atoms with Crippen molar-refractivity contribution >= 4 is 62.9 Å². The molecule has 2 N–H and O–H groups in total. The van der Waals surface area contributed by atoms with Crippen LogP contribution < -0.4 is 0 Å². The first-order valence-electron chi connectivity index (χ1n) is 2.34. The van der Waals surface area contributed by atoms with Gasteiger partial charge >= 0.3 is 29.4 Å². The molecular formula is C4H8N2S4Zn-2. The normalized spacial score (nSPS) is 5.91. The molecule has 62 valence electrons. The van der Waals surface area contributed by atoms with Crippen LogP contribution in [-0.4, -0.2) is 13.3 Å². The van der Waals surface area contributed by atoms with Gasteiger partial charge in [-0.25, -0.2) is 0 Å². The Kier molecular flexibility index (Phi) is 27.9. The van der Waals surface area contributed by atoms with E-state index in [0.29, 0.717) is 0 Å². The van der Waals surface area contributed by atoms with Crippen LogP contribution in [0.15, 0.2) is 0 Å². The summed E-state index contributed by atoms with van der Waals surface area (Å²) in [7, 11) is 0. The van der Waals surface area contributed by atoms with E-state index in [0.717, 1.165) is 0 Å². The van der Waals surface area contributed by atoms with Gasteiger partial charge in [0.1, 0.15) is 0 Å². The van der Waals surface area contributed by atoms with Gasteiger partial charge in [-0.15, -0.1) is 0 Å². The van der Waals surface area contributed by atoms with Gasteiger partial charge in [0.2, 0.25) is 0 Å². The Labute approximate surface area is 98.5 Å². The SMILES string of the molecule is C[CH]=[Zn].[NH-]C(=S)S.[NH-]C(=S)S. The summed E-state index contributed by atoms with van der Waals surface area (Å²) in [6.45, 7) is 2.06. The van der Waals surface area contributed by atoms with E-state index in [2.05, 4.69) is 61.2 Å². The van der Waals surface area contributed by atoms with Crippen LogP contribution >= 0.6 is 49.7 Å². The number of rotatable bonds is 0. The maximum Gasteiger partial charge on any atom is -0.0446 e. The predicted octanol–water partition coefficient (Wildman–Crippen LogP) is 2.86. The molecule has 0 heterocycles. The number of hydrogen-bond donors (Lipinski definition) is 2. The van der Waals surface area contributed by atoms with E-state index in [9.17, 15) is 0 Å².